The summed E-state index contributed by atoms with van der Waals surface area (Å²) in [6.45, 7) is 1.99. The Labute approximate surface area is 102 Å². The third-order valence-electron chi connectivity index (χ3n) is 3.13. The number of aromatic nitrogens is 1. The maximum absolute atomic E-state index is 12.0. The third-order valence-corrected chi connectivity index (χ3v) is 3.63. The zero-order valence-corrected chi connectivity index (χ0v) is 10.6. The second-order valence-corrected chi connectivity index (χ2v) is 5.34. The molecule has 0 saturated heterocycles. The molecule has 2 nitrogen and oxygen atoms in total. The molecule has 0 N–H and O–H groups in total. The summed E-state index contributed by atoms with van der Waals surface area (Å²) in [6.07, 6.45) is 2.26. The van der Waals surface area contributed by atoms with E-state index >= 15 is 0 Å². The molecule has 0 unspecified atom stereocenters. The first-order valence-electron chi connectivity index (χ1n) is 5.48. The Bertz CT molecular complexity index is 626. The molecule has 0 radical (unpaired) electrons. The number of hydrogen-bond acceptors (Lipinski definition) is 1. The molecule has 82 valence electrons. The molecule has 1 aliphatic rings. The summed E-state index contributed by atoms with van der Waals surface area (Å²) in [5.74, 6) is 0. The van der Waals surface area contributed by atoms with Crippen molar-refractivity contribution in [2.24, 2.45) is 0 Å². The van der Waals surface area contributed by atoms with Crippen LogP contribution in [0.25, 0.3) is 10.9 Å². The molecular weight excluding hydrogens is 266 g/mol. The number of halogens is 1. The van der Waals surface area contributed by atoms with Crippen LogP contribution in [0.4, 0.5) is 0 Å². The zero-order chi connectivity index (χ0) is 11.3. The molecule has 1 aromatic heterocycles. The molecule has 1 fully saturated rings. The van der Waals surface area contributed by atoms with Crippen LogP contribution in [0.1, 0.15) is 24.4 Å². The summed E-state index contributed by atoms with van der Waals surface area (Å²) in [5.41, 5.74) is 2.25. The Kier molecular flexibility index (Phi) is 2.18. The summed E-state index contributed by atoms with van der Waals surface area (Å²) in [6, 6.07) is 8.31. The molecule has 1 aromatic carbocycles. The van der Waals surface area contributed by atoms with Crippen molar-refractivity contribution < 1.29 is 0 Å². The molecule has 0 spiro atoms. The minimum absolute atomic E-state index is 0.130. The molecule has 1 saturated carbocycles. The molecule has 0 atom stereocenters. The van der Waals surface area contributed by atoms with Crippen LogP contribution < -0.4 is 5.56 Å². The molecule has 0 amide bonds. The highest BCUT2D eigenvalue weighted by Gasteiger charge is 2.26. The minimum atomic E-state index is 0.130. The van der Waals surface area contributed by atoms with Gasteiger partial charge in [-0.3, -0.25) is 4.79 Å². The number of fused-ring (bicyclic) bond motifs is 1. The van der Waals surface area contributed by atoms with Crippen molar-refractivity contribution in [2.75, 3.05) is 0 Å². The van der Waals surface area contributed by atoms with E-state index in [0.29, 0.717) is 6.04 Å². The van der Waals surface area contributed by atoms with Gasteiger partial charge in [0, 0.05) is 22.0 Å². The van der Waals surface area contributed by atoms with Gasteiger partial charge in [0.05, 0.1) is 5.52 Å². The van der Waals surface area contributed by atoms with Gasteiger partial charge in [-0.25, -0.2) is 0 Å². The predicted molar refractivity (Wildman–Crippen MR) is 68.9 cm³/mol. The first-order valence-corrected chi connectivity index (χ1v) is 6.27. The standard InChI is InChI=1S/C13H12BrNO/c1-8-6-13(16)15(10-3-4-10)12-7-9(14)2-5-11(8)12/h2,5-7,10H,3-4H2,1H3. The lowest BCUT2D eigenvalue weighted by Crippen LogP contribution is -2.19. The molecule has 3 rings (SSSR count). The van der Waals surface area contributed by atoms with Gasteiger partial charge in [0.15, 0.2) is 0 Å². The highest BCUT2D eigenvalue weighted by Crippen LogP contribution is 2.36. The molecule has 16 heavy (non-hydrogen) atoms. The van der Waals surface area contributed by atoms with Crippen molar-refractivity contribution in [3.63, 3.8) is 0 Å². The quantitative estimate of drug-likeness (QED) is 0.783. The monoisotopic (exact) mass is 277 g/mol. The van der Waals surface area contributed by atoms with Crippen LogP contribution in [0.5, 0.6) is 0 Å². The summed E-state index contributed by atoms with van der Waals surface area (Å²) in [4.78, 5) is 12.0. The van der Waals surface area contributed by atoms with Gasteiger partial charge >= 0.3 is 0 Å². The van der Waals surface area contributed by atoms with Crippen molar-refractivity contribution in [3.8, 4) is 0 Å². The van der Waals surface area contributed by atoms with Gasteiger partial charge in [-0.2, -0.15) is 0 Å². The smallest absolute Gasteiger partial charge is 0.251 e. The summed E-state index contributed by atoms with van der Waals surface area (Å²) >= 11 is 3.47. The van der Waals surface area contributed by atoms with E-state index in [9.17, 15) is 4.79 Å². The van der Waals surface area contributed by atoms with Crippen LogP contribution in [0.3, 0.4) is 0 Å². The van der Waals surface area contributed by atoms with E-state index in [1.165, 1.54) is 5.39 Å². The summed E-state index contributed by atoms with van der Waals surface area (Å²) in [7, 11) is 0. The van der Waals surface area contributed by atoms with Gasteiger partial charge in [-0.15, -0.1) is 0 Å². The fourth-order valence-electron chi connectivity index (χ4n) is 2.20. The predicted octanol–water partition coefficient (Wildman–Crippen LogP) is 3.41. The van der Waals surface area contributed by atoms with Crippen molar-refractivity contribution in [2.45, 2.75) is 25.8 Å². The second kappa shape index (κ2) is 3.45. The van der Waals surface area contributed by atoms with Gasteiger partial charge in [-0.05, 0) is 37.5 Å². The SMILES string of the molecule is Cc1cc(=O)n(C2CC2)c2cc(Br)ccc12. The van der Waals surface area contributed by atoms with E-state index in [2.05, 4.69) is 22.0 Å². The topological polar surface area (TPSA) is 22.0 Å². The highest BCUT2D eigenvalue weighted by molar-refractivity contribution is 9.10. The Balaban J connectivity index is 2.46. The van der Waals surface area contributed by atoms with Gasteiger partial charge < -0.3 is 4.57 Å². The van der Waals surface area contributed by atoms with Crippen molar-refractivity contribution in [3.05, 3.63) is 44.7 Å². The second-order valence-electron chi connectivity index (χ2n) is 4.43. The zero-order valence-electron chi connectivity index (χ0n) is 9.03. The van der Waals surface area contributed by atoms with Gasteiger partial charge in [0.1, 0.15) is 0 Å². The normalized spacial score (nSPS) is 15.6. The third kappa shape index (κ3) is 1.50. The Morgan fingerprint density at radius 1 is 1.31 bits per heavy atom. The number of benzene rings is 1. The Hall–Kier alpha value is -1.09. The van der Waals surface area contributed by atoms with Crippen molar-refractivity contribution in [1.82, 2.24) is 4.57 Å². The van der Waals surface area contributed by atoms with E-state index in [1.807, 2.05) is 23.6 Å². The molecule has 1 heterocycles. The lowest BCUT2D eigenvalue weighted by molar-refractivity contribution is 0.738. The molecule has 1 aliphatic carbocycles. The fourth-order valence-corrected chi connectivity index (χ4v) is 2.55. The lowest BCUT2D eigenvalue weighted by atomic mass is 10.1. The summed E-state index contributed by atoms with van der Waals surface area (Å²) < 4.78 is 2.96. The van der Waals surface area contributed by atoms with Crippen LogP contribution in [-0.2, 0) is 0 Å². The first-order chi connectivity index (χ1) is 7.66. The van der Waals surface area contributed by atoms with E-state index < -0.39 is 0 Å². The average molecular weight is 278 g/mol. The number of aryl methyl sites for hydroxylation is 1. The summed E-state index contributed by atoms with van der Waals surface area (Å²) in [5, 5.41) is 1.18. The van der Waals surface area contributed by atoms with Gasteiger partial charge in [0.25, 0.3) is 5.56 Å². The van der Waals surface area contributed by atoms with Crippen LogP contribution in [0, 0.1) is 6.92 Å². The fraction of sp³-hybridized carbons (Fsp3) is 0.308. The van der Waals surface area contributed by atoms with E-state index in [4.69, 9.17) is 0 Å². The van der Waals surface area contributed by atoms with Gasteiger partial charge in [-0.1, -0.05) is 22.0 Å². The van der Waals surface area contributed by atoms with Crippen molar-refractivity contribution >= 4 is 26.8 Å². The van der Waals surface area contributed by atoms with E-state index in [-0.39, 0.29) is 5.56 Å². The molecule has 2 aromatic rings. The highest BCUT2D eigenvalue weighted by atomic mass is 79.9. The van der Waals surface area contributed by atoms with Crippen LogP contribution in [0.15, 0.2) is 33.5 Å². The van der Waals surface area contributed by atoms with Gasteiger partial charge in [0.2, 0.25) is 0 Å². The number of hydrogen-bond donors (Lipinski definition) is 0. The minimum Gasteiger partial charge on any atom is -0.305 e. The lowest BCUT2D eigenvalue weighted by Gasteiger charge is -2.11. The largest absolute Gasteiger partial charge is 0.305 e. The molecule has 0 aliphatic heterocycles. The average Bonchev–Trinajstić information content (AvgIpc) is 3.01. The number of nitrogens with zero attached hydrogens (tertiary/aromatic N) is 1. The van der Waals surface area contributed by atoms with Crippen molar-refractivity contribution in [1.29, 1.82) is 0 Å². The molecule has 0 bridgehead atoms. The van der Waals surface area contributed by atoms with Crippen LogP contribution in [0.2, 0.25) is 0 Å². The van der Waals surface area contributed by atoms with Crippen LogP contribution in [-0.4, -0.2) is 4.57 Å². The first kappa shape index (κ1) is 10.1. The van der Waals surface area contributed by atoms with Crippen LogP contribution >= 0.6 is 15.9 Å². The molecule has 3 heteroatoms. The maximum atomic E-state index is 12.0. The number of rotatable bonds is 1. The Morgan fingerprint density at radius 3 is 2.75 bits per heavy atom. The van der Waals surface area contributed by atoms with E-state index in [0.717, 1.165) is 28.4 Å². The Morgan fingerprint density at radius 2 is 2.06 bits per heavy atom. The number of pyridine rings is 1. The maximum Gasteiger partial charge on any atom is 0.251 e. The van der Waals surface area contributed by atoms with E-state index in [1.54, 1.807) is 6.07 Å². The molecular formula is C13H12BrNO.